The highest BCUT2D eigenvalue weighted by molar-refractivity contribution is 5.69. The summed E-state index contributed by atoms with van der Waals surface area (Å²) in [5.74, 6) is -1.25. The summed E-state index contributed by atoms with van der Waals surface area (Å²) in [6.07, 6.45) is 5.05. The fraction of sp³-hybridized carbons (Fsp3) is 0.846. The Labute approximate surface area is 103 Å². The molecular weight excluding hydrogens is 220 g/mol. The summed E-state index contributed by atoms with van der Waals surface area (Å²) >= 11 is 0. The van der Waals surface area contributed by atoms with Gasteiger partial charge in [0.2, 0.25) is 0 Å². The maximum absolute atomic E-state index is 10.9. The van der Waals surface area contributed by atoms with E-state index in [1.54, 1.807) is 0 Å². The predicted molar refractivity (Wildman–Crippen MR) is 65.9 cm³/mol. The molecule has 0 saturated carbocycles. The zero-order chi connectivity index (χ0) is 13.3. The molecule has 0 aromatic carbocycles. The molecule has 0 radical (unpaired) electrons. The Bertz CT molecular complexity index is 238. The molecule has 0 fully saturated rings. The molecule has 0 amide bonds. The molecule has 0 aliphatic carbocycles. The molecule has 2 unspecified atom stereocenters. The van der Waals surface area contributed by atoms with Crippen LogP contribution in [0.1, 0.15) is 58.8 Å². The van der Waals surface area contributed by atoms with Gasteiger partial charge < -0.3 is 10.2 Å². The van der Waals surface area contributed by atoms with E-state index >= 15 is 0 Å². The monoisotopic (exact) mass is 244 g/mol. The molecule has 0 rings (SSSR count). The smallest absolute Gasteiger partial charge is 0.306 e. The Morgan fingerprint density at radius 3 is 2.06 bits per heavy atom. The third-order valence-electron chi connectivity index (χ3n) is 3.35. The predicted octanol–water partition coefficient (Wildman–Crippen LogP) is 3.16. The molecule has 2 atom stereocenters. The van der Waals surface area contributed by atoms with Crippen molar-refractivity contribution < 1.29 is 19.8 Å². The number of carboxylic acids is 2. The van der Waals surface area contributed by atoms with Crippen molar-refractivity contribution in [2.75, 3.05) is 0 Å². The Balaban J connectivity index is 3.87. The average molecular weight is 244 g/mol. The van der Waals surface area contributed by atoms with Crippen molar-refractivity contribution in [3.8, 4) is 0 Å². The standard InChI is InChI=1S/C13H24O4/c1-3-10(6-5-7-12(14)15)8-9-11(4-2)13(16)17/h10-11H,3-9H2,1-2H3,(H,14,15)(H,16,17). The lowest BCUT2D eigenvalue weighted by Crippen LogP contribution is -2.14. The van der Waals surface area contributed by atoms with Gasteiger partial charge in [-0.3, -0.25) is 9.59 Å². The second kappa shape index (κ2) is 9.02. The fourth-order valence-electron chi connectivity index (χ4n) is 2.03. The van der Waals surface area contributed by atoms with E-state index in [1.807, 2.05) is 6.92 Å². The van der Waals surface area contributed by atoms with Gasteiger partial charge in [-0.25, -0.2) is 0 Å². The van der Waals surface area contributed by atoms with E-state index in [1.165, 1.54) is 0 Å². The van der Waals surface area contributed by atoms with Crippen LogP contribution in [0.5, 0.6) is 0 Å². The Kier molecular flexibility index (Phi) is 8.46. The Morgan fingerprint density at radius 1 is 1.00 bits per heavy atom. The van der Waals surface area contributed by atoms with Crippen molar-refractivity contribution in [3.05, 3.63) is 0 Å². The van der Waals surface area contributed by atoms with Crippen LogP contribution in [0.2, 0.25) is 0 Å². The zero-order valence-electron chi connectivity index (χ0n) is 10.8. The molecular formula is C13H24O4. The lowest BCUT2D eigenvalue weighted by Gasteiger charge is -2.16. The van der Waals surface area contributed by atoms with Crippen LogP contribution in [0.15, 0.2) is 0 Å². The molecule has 0 aliphatic heterocycles. The third kappa shape index (κ3) is 7.77. The first-order valence-corrected chi connectivity index (χ1v) is 6.45. The van der Waals surface area contributed by atoms with Gasteiger partial charge in [-0.15, -0.1) is 0 Å². The van der Waals surface area contributed by atoms with E-state index in [9.17, 15) is 9.59 Å². The second-order valence-electron chi connectivity index (χ2n) is 4.58. The topological polar surface area (TPSA) is 74.6 Å². The highest BCUT2D eigenvalue weighted by atomic mass is 16.4. The summed E-state index contributed by atoms with van der Waals surface area (Å²) in [6, 6.07) is 0. The van der Waals surface area contributed by atoms with Gasteiger partial charge in [-0.1, -0.05) is 20.3 Å². The van der Waals surface area contributed by atoms with E-state index < -0.39 is 11.9 Å². The van der Waals surface area contributed by atoms with Gasteiger partial charge in [0, 0.05) is 6.42 Å². The van der Waals surface area contributed by atoms with Crippen molar-refractivity contribution in [1.29, 1.82) is 0 Å². The molecule has 17 heavy (non-hydrogen) atoms. The van der Waals surface area contributed by atoms with Crippen molar-refractivity contribution in [3.63, 3.8) is 0 Å². The highest BCUT2D eigenvalue weighted by Gasteiger charge is 2.17. The van der Waals surface area contributed by atoms with Gasteiger partial charge in [0.05, 0.1) is 5.92 Å². The minimum absolute atomic E-state index is 0.215. The maximum Gasteiger partial charge on any atom is 0.306 e. The van der Waals surface area contributed by atoms with Gasteiger partial charge >= 0.3 is 11.9 Å². The van der Waals surface area contributed by atoms with Crippen LogP contribution in [0.3, 0.4) is 0 Å². The first-order valence-electron chi connectivity index (χ1n) is 6.45. The van der Waals surface area contributed by atoms with E-state index in [0.29, 0.717) is 25.2 Å². The van der Waals surface area contributed by atoms with E-state index in [-0.39, 0.29) is 12.3 Å². The van der Waals surface area contributed by atoms with Crippen LogP contribution in [-0.4, -0.2) is 22.2 Å². The summed E-state index contributed by atoms with van der Waals surface area (Å²) in [5, 5.41) is 17.5. The summed E-state index contributed by atoms with van der Waals surface area (Å²) in [5.41, 5.74) is 0. The highest BCUT2D eigenvalue weighted by Crippen LogP contribution is 2.22. The van der Waals surface area contributed by atoms with Crippen LogP contribution in [0.4, 0.5) is 0 Å². The van der Waals surface area contributed by atoms with Gasteiger partial charge in [0.15, 0.2) is 0 Å². The van der Waals surface area contributed by atoms with Crippen LogP contribution in [-0.2, 0) is 9.59 Å². The lowest BCUT2D eigenvalue weighted by molar-refractivity contribution is -0.142. The van der Waals surface area contributed by atoms with Gasteiger partial charge in [0.1, 0.15) is 0 Å². The molecule has 0 spiro atoms. The summed E-state index contributed by atoms with van der Waals surface area (Å²) < 4.78 is 0. The fourth-order valence-corrected chi connectivity index (χ4v) is 2.03. The van der Waals surface area contributed by atoms with Crippen LogP contribution < -0.4 is 0 Å². The Hall–Kier alpha value is -1.06. The van der Waals surface area contributed by atoms with Crippen LogP contribution in [0.25, 0.3) is 0 Å². The van der Waals surface area contributed by atoms with Crippen molar-refractivity contribution in [2.24, 2.45) is 11.8 Å². The first kappa shape index (κ1) is 15.9. The number of hydrogen-bond donors (Lipinski definition) is 2. The van der Waals surface area contributed by atoms with Crippen LogP contribution >= 0.6 is 0 Å². The van der Waals surface area contributed by atoms with Crippen molar-refractivity contribution in [2.45, 2.75) is 58.8 Å². The molecule has 2 N–H and O–H groups in total. The summed E-state index contributed by atoms with van der Waals surface area (Å²) in [4.78, 5) is 21.3. The molecule has 0 aliphatic rings. The molecule has 0 aromatic heterocycles. The third-order valence-corrected chi connectivity index (χ3v) is 3.35. The van der Waals surface area contributed by atoms with E-state index in [2.05, 4.69) is 6.92 Å². The second-order valence-corrected chi connectivity index (χ2v) is 4.58. The van der Waals surface area contributed by atoms with E-state index in [0.717, 1.165) is 19.3 Å². The minimum Gasteiger partial charge on any atom is -0.481 e. The average Bonchev–Trinajstić information content (AvgIpc) is 2.26. The molecule has 0 saturated heterocycles. The van der Waals surface area contributed by atoms with Crippen molar-refractivity contribution >= 4 is 11.9 Å². The molecule has 0 bridgehead atoms. The number of aliphatic carboxylic acids is 2. The molecule has 4 nitrogen and oxygen atoms in total. The molecule has 0 aromatic rings. The van der Waals surface area contributed by atoms with Crippen molar-refractivity contribution in [1.82, 2.24) is 0 Å². The number of hydrogen-bond acceptors (Lipinski definition) is 2. The first-order chi connectivity index (χ1) is 8.01. The molecule has 0 heterocycles. The minimum atomic E-state index is -0.753. The number of carboxylic acid groups (broad SMARTS) is 2. The molecule has 4 heteroatoms. The van der Waals surface area contributed by atoms with Gasteiger partial charge in [-0.2, -0.15) is 0 Å². The van der Waals surface area contributed by atoms with E-state index in [4.69, 9.17) is 10.2 Å². The lowest BCUT2D eigenvalue weighted by atomic mass is 9.89. The van der Waals surface area contributed by atoms with Gasteiger partial charge in [0.25, 0.3) is 0 Å². The number of rotatable bonds is 10. The maximum atomic E-state index is 10.9. The largest absolute Gasteiger partial charge is 0.481 e. The van der Waals surface area contributed by atoms with Crippen LogP contribution in [0, 0.1) is 11.8 Å². The SMILES string of the molecule is CCC(CCCC(=O)O)CCC(CC)C(=O)O. The normalized spacial score (nSPS) is 14.2. The quantitative estimate of drug-likeness (QED) is 0.619. The Morgan fingerprint density at radius 2 is 1.65 bits per heavy atom. The zero-order valence-corrected chi connectivity index (χ0v) is 10.8. The number of carbonyl (C=O) groups is 2. The van der Waals surface area contributed by atoms with Gasteiger partial charge in [-0.05, 0) is 38.0 Å². The summed E-state index contributed by atoms with van der Waals surface area (Å²) in [6.45, 7) is 3.97. The molecule has 100 valence electrons. The summed E-state index contributed by atoms with van der Waals surface area (Å²) in [7, 11) is 0.